The second-order valence-corrected chi connectivity index (χ2v) is 0.861. The molecule has 0 spiro atoms. The minimum atomic E-state index is -1.38. The Labute approximate surface area is 51.7 Å². The maximum atomic E-state index is 9.54. The van der Waals surface area contributed by atoms with Crippen LogP contribution in [0.1, 0.15) is 6.92 Å². The molecule has 0 aromatic carbocycles. The van der Waals surface area contributed by atoms with Gasteiger partial charge < -0.3 is 5.11 Å². The summed E-state index contributed by atoms with van der Waals surface area (Å²) in [4.78, 5) is 18.9. The van der Waals surface area contributed by atoms with Gasteiger partial charge in [0.2, 0.25) is 5.78 Å². The predicted molar refractivity (Wildman–Crippen MR) is 29.7 cm³/mol. The summed E-state index contributed by atoms with van der Waals surface area (Å²) in [6, 6.07) is 0. The van der Waals surface area contributed by atoms with Crippen molar-refractivity contribution in [1.29, 1.82) is 0 Å². The van der Waals surface area contributed by atoms with E-state index in [4.69, 9.17) is 5.11 Å². The van der Waals surface area contributed by atoms with Gasteiger partial charge in [0.05, 0.1) is 0 Å². The van der Waals surface area contributed by atoms with Crippen molar-refractivity contribution >= 4 is 29.3 Å². The van der Waals surface area contributed by atoms with E-state index in [0.717, 1.165) is 6.92 Å². The van der Waals surface area contributed by atoms with Crippen LogP contribution in [0, 0.1) is 0 Å². The number of hydrogen-bond donors (Lipinski definition) is 1. The van der Waals surface area contributed by atoms with E-state index in [2.05, 4.69) is 0 Å². The van der Waals surface area contributed by atoms with Crippen molar-refractivity contribution in [2.75, 3.05) is 0 Å². The first-order valence-electron chi connectivity index (χ1n) is 1.38. The third kappa shape index (κ3) is 5.68. The maximum absolute atomic E-state index is 9.54. The molecule has 0 fully saturated rings. The molecule has 3 nitrogen and oxygen atoms in total. The normalized spacial score (nSPS) is 6.43. The molecule has 0 aliphatic carbocycles. The van der Waals surface area contributed by atoms with E-state index in [9.17, 15) is 9.59 Å². The summed E-state index contributed by atoms with van der Waals surface area (Å²) >= 11 is 0. The molecule has 0 aromatic rings. The summed E-state index contributed by atoms with van der Waals surface area (Å²) in [6.07, 6.45) is 0. The zero-order chi connectivity index (χ0) is 5.15. The number of carbonyl (C=O) groups excluding carboxylic acids is 1. The molecular weight excluding hydrogens is 157 g/mol. The fraction of sp³-hybridized carbons (Fsp3) is 0.333. The second kappa shape index (κ2) is 3.86. The molecule has 0 atom stereocenters. The van der Waals surface area contributed by atoms with Gasteiger partial charge in [0, 0.05) is 6.92 Å². The molecule has 0 saturated carbocycles. The Balaban J connectivity index is 0. The molecule has 0 radical (unpaired) electrons. The van der Waals surface area contributed by atoms with E-state index >= 15 is 0 Å². The van der Waals surface area contributed by atoms with Crippen LogP contribution in [-0.2, 0) is 9.59 Å². The zero-order valence-corrected chi connectivity index (χ0v) is 3.26. The summed E-state index contributed by atoms with van der Waals surface area (Å²) in [5.74, 6) is -2.20. The second-order valence-electron chi connectivity index (χ2n) is 0.861. The number of rotatable bonds is 1. The molecule has 0 saturated heterocycles. The van der Waals surface area contributed by atoms with Gasteiger partial charge in [-0.25, -0.2) is 4.79 Å². The molecule has 0 unspecified atom stereocenters. The Kier molecular flexibility index (Phi) is 5.43. The molecule has 0 rings (SSSR count). The molecule has 0 aliphatic heterocycles. The van der Waals surface area contributed by atoms with Crippen LogP contribution in [0.25, 0.3) is 0 Å². The van der Waals surface area contributed by atoms with Crippen molar-refractivity contribution in [3.63, 3.8) is 0 Å². The van der Waals surface area contributed by atoms with Gasteiger partial charge in [-0.2, -0.15) is 0 Å². The van der Waals surface area contributed by atoms with Crippen molar-refractivity contribution in [3.05, 3.63) is 0 Å². The van der Waals surface area contributed by atoms with Crippen LogP contribution >= 0.6 is 0 Å². The molecule has 0 heterocycles. The van der Waals surface area contributed by atoms with Crippen LogP contribution in [0.4, 0.5) is 0 Å². The summed E-state index contributed by atoms with van der Waals surface area (Å²) in [5, 5.41) is 7.64. The number of hydrogen-bond acceptors (Lipinski definition) is 2. The molecule has 7 heavy (non-hydrogen) atoms. The number of carboxylic acids is 1. The third-order valence-electron chi connectivity index (χ3n) is 0.301. The van der Waals surface area contributed by atoms with Crippen molar-refractivity contribution in [2.45, 2.75) is 6.92 Å². The van der Waals surface area contributed by atoms with Gasteiger partial charge in [-0.05, 0) is 0 Å². The minimum absolute atomic E-state index is 0. The fourth-order valence-electron chi connectivity index (χ4n) is 0. The summed E-state index contributed by atoms with van der Waals surface area (Å²) in [5.41, 5.74) is 0. The van der Waals surface area contributed by atoms with Crippen LogP contribution in [0.3, 0.4) is 0 Å². The van der Waals surface area contributed by atoms with Gasteiger partial charge >= 0.3 is 23.6 Å². The molecule has 0 bridgehead atoms. The van der Waals surface area contributed by atoms with Crippen LogP contribution < -0.4 is 0 Å². The van der Waals surface area contributed by atoms with E-state index in [1.54, 1.807) is 0 Å². The molecule has 0 aliphatic rings. The number of ketones is 1. The van der Waals surface area contributed by atoms with E-state index in [1.807, 2.05) is 0 Å². The van der Waals surface area contributed by atoms with E-state index in [0.29, 0.717) is 0 Å². The predicted octanol–water partition coefficient (Wildman–Crippen LogP) is -1.79. The Morgan fingerprint density at radius 2 is 1.57 bits per heavy atom. The number of carbonyl (C=O) groups is 2. The van der Waals surface area contributed by atoms with Gasteiger partial charge in [0.25, 0.3) is 0 Å². The summed E-state index contributed by atoms with van der Waals surface area (Å²) < 4.78 is 0. The molecule has 4 heteroatoms. The van der Waals surface area contributed by atoms with E-state index in [-0.39, 0.29) is 17.6 Å². The van der Waals surface area contributed by atoms with Crippen LogP contribution in [0.15, 0.2) is 0 Å². The van der Waals surface area contributed by atoms with Gasteiger partial charge in [0.15, 0.2) is 0 Å². The van der Waals surface area contributed by atoms with Gasteiger partial charge in [-0.3, -0.25) is 4.79 Å². The third-order valence-corrected chi connectivity index (χ3v) is 0.301. The van der Waals surface area contributed by atoms with Crippen molar-refractivity contribution in [3.8, 4) is 0 Å². The van der Waals surface area contributed by atoms with E-state index in [1.165, 1.54) is 0 Å². The Morgan fingerprint density at radius 1 is 1.43 bits per heavy atom. The average molecular weight is 165 g/mol. The van der Waals surface area contributed by atoms with Crippen molar-refractivity contribution in [2.24, 2.45) is 0 Å². The SMILES string of the molecule is CC(=O)C(=O)O.[GeH4]. The first-order valence-corrected chi connectivity index (χ1v) is 1.38. The van der Waals surface area contributed by atoms with Crippen molar-refractivity contribution in [1.82, 2.24) is 0 Å². The Bertz CT molecular complexity index is 76.2. The van der Waals surface area contributed by atoms with E-state index < -0.39 is 11.8 Å². The van der Waals surface area contributed by atoms with Crippen LogP contribution in [0.5, 0.6) is 0 Å². The average Bonchev–Trinajstić information content (AvgIpc) is 1.36. The number of carboxylic acid groups (broad SMARTS) is 1. The van der Waals surface area contributed by atoms with Gasteiger partial charge in [-0.15, -0.1) is 0 Å². The standard InChI is InChI=1S/C3H4O3.GeH4/c1-2(4)3(5)6;/h1H3,(H,5,6);1H4. The Hall–Kier alpha value is -0.317. The first-order chi connectivity index (χ1) is 2.64. The molecule has 1 N–H and O–H groups in total. The molecule has 42 valence electrons. The first kappa shape index (κ1) is 9.84. The summed E-state index contributed by atoms with van der Waals surface area (Å²) in [6.45, 7) is 1.00. The number of aliphatic carboxylic acids is 1. The molecule has 0 amide bonds. The topological polar surface area (TPSA) is 54.4 Å². The quantitative estimate of drug-likeness (QED) is 0.368. The summed E-state index contributed by atoms with van der Waals surface area (Å²) in [7, 11) is 0. The van der Waals surface area contributed by atoms with Gasteiger partial charge in [-0.1, -0.05) is 0 Å². The monoisotopic (exact) mass is 166 g/mol. The zero-order valence-electron chi connectivity index (χ0n) is 3.26. The fourth-order valence-corrected chi connectivity index (χ4v) is 0. The molecular formula is C3H8GeO3. The molecule has 0 aromatic heterocycles. The Morgan fingerprint density at radius 3 is 1.57 bits per heavy atom. The van der Waals surface area contributed by atoms with Crippen LogP contribution in [0.2, 0.25) is 0 Å². The van der Waals surface area contributed by atoms with Crippen LogP contribution in [-0.4, -0.2) is 34.5 Å². The van der Waals surface area contributed by atoms with Gasteiger partial charge in [0.1, 0.15) is 0 Å². The van der Waals surface area contributed by atoms with Crippen molar-refractivity contribution < 1.29 is 14.7 Å². The number of Topliss-reactive ketones (excluding diaryl/α,β-unsaturated/α-hetero) is 1.